The van der Waals surface area contributed by atoms with Crippen molar-refractivity contribution in [3.63, 3.8) is 0 Å². The summed E-state index contributed by atoms with van der Waals surface area (Å²) in [7, 11) is 0. The van der Waals surface area contributed by atoms with Gasteiger partial charge in [0, 0.05) is 24.0 Å². The molecule has 0 bridgehead atoms. The van der Waals surface area contributed by atoms with Gasteiger partial charge in [0.25, 0.3) is 0 Å². The molecule has 2 aliphatic rings. The summed E-state index contributed by atoms with van der Waals surface area (Å²) in [6.07, 6.45) is 0.267. The van der Waals surface area contributed by atoms with Gasteiger partial charge in [-0.2, -0.15) is 13.2 Å². The summed E-state index contributed by atoms with van der Waals surface area (Å²) in [6.45, 7) is 5.58. The molecule has 0 radical (unpaired) electrons. The van der Waals surface area contributed by atoms with Gasteiger partial charge in [0.05, 0.1) is 5.56 Å². The Morgan fingerprint density at radius 2 is 1.56 bits per heavy atom. The van der Waals surface area contributed by atoms with E-state index in [1.807, 2.05) is 45.0 Å². The molecule has 184 valence electrons. The van der Waals surface area contributed by atoms with Crippen LogP contribution in [0.5, 0.6) is 0 Å². The zero-order valence-electron chi connectivity index (χ0n) is 19.9. The maximum Gasteiger partial charge on any atom is 0.416 e. The van der Waals surface area contributed by atoms with Crippen molar-refractivity contribution in [2.75, 3.05) is 0 Å². The minimum atomic E-state index is -4.34. The molecule has 0 aromatic heterocycles. The molecule has 0 aliphatic heterocycles. The number of rotatable bonds is 5. The molecular formula is C27H33F3N2O2. The summed E-state index contributed by atoms with van der Waals surface area (Å²) in [5.41, 5.74) is 1.46. The normalized spacial score (nSPS) is 25.0. The number of ether oxygens (including phenoxy) is 1. The Labute approximate surface area is 199 Å². The fourth-order valence-corrected chi connectivity index (χ4v) is 4.73. The third-order valence-corrected chi connectivity index (χ3v) is 6.55. The molecule has 2 saturated carbocycles. The topological polar surface area (TPSA) is 50.4 Å². The van der Waals surface area contributed by atoms with Gasteiger partial charge in [-0.25, -0.2) is 4.79 Å². The highest BCUT2D eigenvalue weighted by Gasteiger charge is 2.40. The molecule has 34 heavy (non-hydrogen) atoms. The average Bonchev–Trinajstić information content (AvgIpc) is 3.52. The maximum atomic E-state index is 13.0. The van der Waals surface area contributed by atoms with E-state index in [9.17, 15) is 18.0 Å². The van der Waals surface area contributed by atoms with Crippen LogP contribution in [0.2, 0.25) is 0 Å². The Balaban J connectivity index is 1.25. The smallest absolute Gasteiger partial charge is 0.416 e. The molecule has 0 heterocycles. The number of amides is 1. The number of carbonyl (C=O) groups excluding carboxylic acids is 1. The van der Waals surface area contributed by atoms with Crippen LogP contribution in [0.3, 0.4) is 0 Å². The molecule has 0 saturated heterocycles. The molecule has 2 fully saturated rings. The van der Waals surface area contributed by atoms with Gasteiger partial charge in [-0.3, -0.25) is 0 Å². The minimum absolute atomic E-state index is 0.159. The summed E-state index contributed by atoms with van der Waals surface area (Å²) in [5.74, 6) is 0.438. The van der Waals surface area contributed by atoms with E-state index in [0.717, 1.165) is 43.7 Å². The Kier molecular flexibility index (Phi) is 6.94. The molecule has 2 N–H and O–H groups in total. The third-order valence-electron chi connectivity index (χ3n) is 6.55. The molecule has 2 aromatic carbocycles. The fourth-order valence-electron chi connectivity index (χ4n) is 4.73. The van der Waals surface area contributed by atoms with Crippen LogP contribution in [0.15, 0.2) is 48.5 Å². The lowest BCUT2D eigenvalue weighted by atomic mass is 9.91. The van der Waals surface area contributed by atoms with Crippen LogP contribution in [0.4, 0.5) is 18.0 Å². The van der Waals surface area contributed by atoms with Gasteiger partial charge in [0.1, 0.15) is 5.60 Å². The van der Waals surface area contributed by atoms with E-state index in [-0.39, 0.29) is 12.1 Å². The van der Waals surface area contributed by atoms with Crippen molar-refractivity contribution in [2.45, 2.75) is 88.7 Å². The van der Waals surface area contributed by atoms with Gasteiger partial charge < -0.3 is 15.4 Å². The number of alkyl carbamates (subject to hydrolysis) is 1. The van der Waals surface area contributed by atoms with Gasteiger partial charge >= 0.3 is 12.3 Å². The summed E-state index contributed by atoms with van der Waals surface area (Å²) in [6, 6.07) is 14.4. The first kappa shape index (κ1) is 24.6. The maximum absolute atomic E-state index is 13.0. The largest absolute Gasteiger partial charge is 0.444 e. The fraction of sp³-hybridized carbons (Fsp3) is 0.519. The van der Waals surface area contributed by atoms with E-state index >= 15 is 0 Å². The third kappa shape index (κ3) is 6.53. The zero-order valence-corrected chi connectivity index (χ0v) is 19.9. The van der Waals surface area contributed by atoms with E-state index in [1.54, 1.807) is 6.07 Å². The summed E-state index contributed by atoms with van der Waals surface area (Å²) < 4.78 is 44.4. The van der Waals surface area contributed by atoms with Crippen LogP contribution in [-0.4, -0.2) is 29.8 Å². The van der Waals surface area contributed by atoms with Crippen LogP contribution in [0, 0.1) is 0 Å². The predicted octanol–water partition coefficient (Wildman–Crippen LogP) is 6.65. The SMILES string of the molecule is CC(C)(C)OC(=O)NC1CCC(N[C@H]2C[C@@H]2c2ccc(-c3cccc(C(F)(F)F)c3)cc2)CC1. The van der Waals surface area contributed by atoms with Gasteiger partial charge in [-0.15, -0.1) is 0 Å². The van der Waals surface area contributed by atoms with Crippen molar-refractivity contribution in [2.24, 2.45) is 0 Å². The molecule has 2 aliphatic carbocycles. The van der Waals surface area contributed by atoms with E-state index in [1.165, 1.54) is 17.7 Å². The van der Waals surface area contributed by atoms with Crippen LogP contribution in [-0.2, 0) is 10.9 Å². The van der Waals surface area contributed by atoms with Crippen LogP contribution < -0.4 is 10.6 Å². The quantitative estimate of drug-likeness (QED) is 0.510. The zero-order chi connectivity index (χ0) is 24.5. The second-order valence-electron chi connectivity index (χ2n) is 10.5. The van der Waals surface area contributed by atoms with E-state index in [4.69, 9.17) is 4.74 Å². The highest BCUT2D eigenvalue weighted by atomic mass is 19.4. The first-order valence-electron chi connectivity index (χ1n) is 12.0. The van der Waals surface area contributed by atoms with Crippen LogP contribution in [0.25, 0.3) is 11.1 Å². The first-order valence-corrected chi connectivity index (χ1v) is 12.0. The van der Waals surface area contributed by atoms with Gasteiger partial charge in [0.2, 0.25) is 0 Å². The molecule has 4 nitrogen and oxygen atoms in total. The molecule has 7 heteroatoms. The summed E-state index contributed by atoms with van der Waals surface area (Å²) in [4.78, 5) is 12.0. The van der Waals surface area contributed by atoms with Crippen molar-refractivity contribution >= 4 is 6.09 Å². The molecule has 2 aromatic rings. The van der Waals surface area contributed by atoms with E-state index in [0.29, 0.717) is 23.6 Å². The first-order chi connectivity index (χ1) is 16.0. The lowest BCUT2D eigenvalue weighted by Crippen LogP contribution is -2.44. The number of benzene rings is 2. The van der Waals surface area contributed by atoms with E-state index < -0.39 is 17.3 Å². The van der Waals surface area contributed by atoms with Gasteiger partial charge in [0.15, 0.2) is 0 Å². The molecule has 0 unspecified atom stereocenters. The van der Waals surface area contributed by atoms with Crippen molar-refractivity contribution in [1.29, 1.82) is 0 Å². The monoisotopic (exact) mass is 474 g/mol. The highest BCUT2D eigenvalue weighted by Crippen LogP contribution is 2.42. The number of hydrogen-bond donors (Lipinski definition) is 2. The Morgan fingerprint density at radius 3 is 2.18 bits per heavy atom. The second kappa shape index (κ2) is 9.61. The minimum Gasteiger partial charge on any atom is -0.444 e. The Bertz CT molecular complexity index is 990. The lowest BCUT2D eigenvalue weighted by molar-refractivity contribution is -0.137. The second-order valence-corrected chi connectivity index (χ2v) is 10.5. The van der Waals surface area contributed by atoms with E-state index in [2.05, 4.69) is 10.6 Å². The number of halogens is 3. The lowest BCUT2D eigenvalue weighted by Gasteiger charge is -2.30. The molecule has 2 atom stereocenters. The number of hydrogen-bond acceptors (Lipinski definition) is 3. The van der Waals surface area contributed by atoms with Crippen LogP contribution in [0.1, 0.15) is 69.9 Å². The van der Waals surface area contributed by atoms with Crippen molar-refractivity contribution in [3.8, 4) is 11.1 Å². The van der Waals surface area contributed by atoms with Crippen molar-refractivity contribution < 1.29 is 22.7 Å². The van der Waals surface area contributed by atoms with Gasteiger partial charge in [-0.1, -0.05) is 36.4 Å². The van der Waals surface area contributed by atoms with Crippen molar-refractivity contribution in [1.82, 2.24) is 10.6 Å². The molecular weight excluding hydrogens is 441 g/mol. The number of alkyl halides is 3. The van der Waals surface area contributed by atoms with Crippen molar-refractivity contribution in [3.05, 3.63) is 59.7 Å². The number of carbonyl (C=O) groups is 1. The average molecular weight is 475 g/mol. The molecule has 4 rings (SSSR count). The van der Waals surface area contributed by atoms with Crippen LogP contribution >= 0.6 is 0 Å². The number of nitrogens with one attached hydrogen (secondary N) is 2. The van der Waals surface area contributed by atoms with Gasteiger partial charge in [-0.05, 0) is 81.7 Å². The highest BCUT2D eigenvalue weighted by molar-refractivity contribution is 5.68. The Morgan fingerprint density at radius 1 is 0.912 bits per heavy atom. The standard InChI is InChI=1S/C27H33F3N2O2/c1-26(2,3)34-25(33)32-22-13-11-21(12-14-22)31-24-16-23(24)18-9-7-17(8-10-18)19-5-4-6-20(15-19)27(28,29)30/h4-10,15,21-24,31H,11-14,16H2,1-3H3,(H,32,33)/t21?,22?,23-,24+/m1/s1. The molecule has 1 amide bonds. The Hall–Kier alpha value is -2.54. The predicted molar refractivity (Wildman–Crippen MR) is 127 cm³/mol. The summed E-state index contributed by atoms with van der Waals surface area (Å²) in [5, 5.41) is 6.73. The molecule has 0 spiro atoms. The summed E-state index contributed by atoms with van der Waals surface area (Å²) >= 11 is 0.